The van der Waals surface area contributed by atoms with Crippen LogP contribution < -0.4 is 4.74 Å². The molecular formula is C24H25F4NO. The van der Waals surface area contributed by atoms with Gasteiger partial charge in [0.25, 0.3) is 6.43 Å². The average Bonchev–Trinajstić information content (AvgIpc) is 2.73. The van der Waals surface area contributed by atoms with Gasteiger partial charge in [0.2, 0.25) is 0 Å². The zero-order valence-electron chi connectivity index (χ0n) is 17.5. The molecule has 0 saturated heterocycles. The van der Waals surface area contributed by atoms with Gasteiger partial charge < -0.3 is 9.64 Å². The van der Waals surface area contributed by atoms with Crippen molar-refractivity contribution in [3.63, 3.8) is 0 Å². The van der Waals surface area contributed by atoms with E-state index in [1.807, 2.05) is 57.2 Å². The maximum Gasteiger partial charge on any atom is 0.272 e. The zero-order valence-corrected chi connectivity index (χ0v) is 17.5. The quantitative estimate of drug-likeness (QED) is 0.488. The molecule has 2 aromatic rings. The van der Waals surface area contributed by atoms with Crippen molar-refractivity contribution in [1.82, 2.24) is 4.90 Å². The van der Waals surface area contributed by atoms with Crippen LogP contribution in [0.25, 0.3) is 11.3 Å². The van der Waals surface area contributed by atoms with E-state index in [1.165, 1.54) is 0 Å². The normalized spacial score (nSPS) is 13.8. The van der Waals surface area contributed by atoms with Crippen molar-refractivity contribution in [2.24, 2.45) is 0 Å². The Kier molecular flexibility index (Phi) is 7.86. The molecule has 0 amide bonds. The van der Waals surface area contributed by atoms with Gasteiger partial charge in [-0.1, -0.05) is 50.8 Å². The van der Waals surface area contributed by atoms with Gasteiger partial charge >= 0.3 is 0 Å². The third-order valence-electron chi connectivity index (χ3n) is 4.52. The molecule has 0 fully saturated rings. The first-order valence-corrected chi connectivity index (χ1v) is 9.61. The molecular weight excluding hydrogens is 394 g/mol. The summed E-state index contributed by atoms with van der Waals surface area (Å²) in [4.78, 5) is 1.62. The minimum absolute atomic E-state index is 0.268. The highest BCUT2D eigenvalue weighted by Gasteiger charge is 2.27. The van der Waals surface area contributed by atoms with Crippen molar-refractivity contribution in [1.29, 1.82) is 0 Å². The van der Waals surface area contributed by atoms with Crippen LogP contribution in [0.1, 0.15) is 31.9 Å². The van der Waals surface area contributed by atoms with E-state index in [0.717, 1.165) is 23.3 Å². The highest BCUT2D eigenvalue weighted by molar-refractivity contribution is 5.97. The lowest BCUT2D eigenvalue weighted by Crippen LogP contribution is -2.22. The summed E-state index contributed by atoms with van der Waals surface area (Å²) in [6.07, 6.45) is -0.910. The summed E-state index contributed by atoms with van der Waals surface area (Å²) >= 11 is 0. The van der Waals surface area contributed by atoms with Gasteiger partial charge in [-0.25, -0.2) is 17.6 Å². The van der Waals surface area contributed by atoms with Gasteiger partial charge in [0.05, 0.1) is 11.3 Å². The second-order valence-electron chi connectivity index (χ2n) is 6.43. The molecule has 0 aromatic heterocycles. The van der Waals surface area contributed by atoms with Crippen LogP contribution in [-0.4, -0.2) is 25.0 Å². The Morgan fingerprint density at radius 2 is 1.60 bits per heavy atom. The molecule has 1 heterocycles. The number of halogens is 4. The molecule has 0 radical (unpaired) electrons. The second-order valence-corrected chi connectivity index (χ2v) is 6.43. The van der Waals surface area contributed by atoms with Crippen LogP contribution in [0, 0.1) is 11.6 Å². The summed E-state index contributed by atoms with van der Waals surface area (Å²) in [5, 5.41) is 0. The number of hydrogen-bond acceptors (Lipinski definition) is 2. The van der Waals surface area contributed by atoms with Crippen LogP contribution in [0.3, 0.4) is 0 Å². The van der Waals surface area contributed by atoms with Gasteiger partial charge in [0.1, 0.15) is 24.0 Å². The molecule has 160 valence electrons. The van der Waals surface area contributed by atoms with E-state index in [1.54, 1.807) is 11.9 Å². The van der Waals surface area contributed by atoms with Crippen LogP contribution >= 0.6 is 0 Å². The minimum Gasteiger partial charge on any atom is -0.487 e. The fraction of sp³-hybridized carbons (Fsp3) is 0.250. The second kappa shape index (κ2) is 10.1. The highest BCUT2D eigenvalue weighted by atomic mass is 19.3. The predicted octanol–water partition coefficient (Wildman–Crippen LogP) is 6.91. The van der Waals surface area contributed by atoms with E-state index in [9.17, 15) is 17.6 Å². The Hall–Kier alpha value is -3.02. The van der Waals surface area contributed by atoms with Crippen LogP contribution in [0.15, 0.2) is 66.4 Å². The van der Waals surface area contributed by atoms with Crippen molar-refractivity contribution in [2.45, 2.75) is 27.2 Å². The first-order chi connectivity index (χ1) is 14.3. The molecule has 30 heavy (non-hydrogen) atoms. The Balaban J connectivity index is 0.00000155. The lowest BCUT2D eigenvalue weighted by atomic mass is 9.92. The molecule has 2 nitrogen and oxygen atoms in total. The number of benzene rings is 2. The lowest BCUT2D eigenvalue weighted by molar-refractivity contribution is 0.0815. The highest BCUT2D eigenvalue weighted by Crippen LogP contribution is 2.40. The smallest absolute Gasteiger partial charge is 0.272 e. The number of alkyl halides is 2. The van der Waals surface area contributed by atoms with Gasteiger partial charge in [-0.05, 0) is 24.1 Å². The lowest BCUT2D eigenvalue weighted by Gasteiger charge is -2.32. The molecule has 1 aliphatic heterocycles. The molecule has 6 heteroatoms. The SMILES string of the molecule is C=C1C(C)=CC(c2ccccc2)=C(c2c(F)cc(OCC(F)F)cc2F)N1C.CC. The van der Waals surface area contributed by atoms with E-state index in [2.05, 4.69) is 6.58 Å². The van der Waals surface area contributed by atoms with E-state index in [4.69, 9.17) is 4.74 Å². The van der Waals surface area contributed by atoms with E-state index < -0.39 is 24.7 Å². The summed E-state index contributed by atoms with van der Waals surface area (Å²) in [6.45, 7) is 8.91. The molecule has 0 N–H and O–H groups in total. The monoisotopic (exact) mass is 419 g/mol. The largest absolute Gasteiger partial charge is 0.487 e. The molecule has 3 rings (SSSR count). The molecule has 1 aliphatic rings. The predicted molar refractivity (Wildman–Crippen MR) is 113 cm³/mol. The van der Waals surface area contributed by atoms with Gasteiger partial charge in [-0.2, -0.15) is 0 Å². The maximum absolute atomic E-state index is 14.9. The average molecular weight is 419 g/mol. The molecule has 0 saturated carbocycles. The Morgan fingerprint density at radius 1 is 1.03 bits per heavy atom. The fourth-order valence-electron chi connectivity index (χ4n) is 3.11. The van der Waals surface area contributed by atoms with Crippen molar-refractivity contribution in [3.8, 4) is 5.75 Å². The summed E-state index contributed by atoms with van der Waals surface area (Å²) in [5.41, 5.74) is 2.92. The fourth-order valence-corrected chi connectivity index (χ4v) is 3.11. The van der Waals surface area contributed by atoms with Crippen molar-refractivity contribution in [3.05, 3.63) is 89.2 Å². The van der Waals surface area contributed by atoms with Crippen LogP contribution in [0.4, 0.5) is 17.6 Å². The number of rotatable bonds is 5. The van der Waals surface area contributed by atoms with Crippen LogP contribution in [0.5, 0.6) is 5.75 Å². The third-order valence-corrected chi connectivity index (χ3v) is 4.52. The first kappa shape index (κ1) is 23.3. The summed E-state index contributed by atoms with van der Waals surface area (Å²) in [7, 11) is 1.68. The molecule has 0 bridgehead atoms. The molecule has 0 atom stereocenters. The zero-order chi connectivity index (χ0) is 22.4. The minimum atomic E-state index is -2.74. The van der Waals surface area contributed by atoms with Crippen molar-refractivity contribution in [2.75, 3.05) is 13.7 Å². The number of ether oxygens (including phenoxy) is 1. The van der Waals surface area contributed by atoms with Crippen molar-refractivity contribution >= 4 is 11.3 Å². The Morgan fingerprint density at radius 3 is 2.13 bits per heavy atom. The third kappa shape index (κ3) is 4.93. The van der Waals surface area contributed by atoms with E-state index in [0.29, 0.717) is 17.0 Å². The Bertz CT molecular complexity index is 941. The number of nitrogens with zero attached hydrogens (tertiary/aromatic N) is 1. The summed E-state index contributed by atoms with van der Waals surface area (Å²) in [6, 6.07) is 11.0. The van der Waals surface area contributed by atoms with E-state index in [-0.39, 0.29) is 11.3 Å². The van der Waals surface area contributed by atoms with Gasteiger partial charge in [0.15, 0.2) is 0 Å². The van der Waals surface area contributed by atoms with E-state index >= 15 is 0 Å². The summed E-state index contributed by atoms with van der Waals surface area (Å²) in [5.74, 6) is -2.09. The number of likely N-dealkylation sites (N-methyl/N-ethyl adjacent to an activating group) is 1. The first-order valence-electron chi connectivity index (χ1n) is 9.61. The van der Waals surface area contributed by atoms with Gasteiger partial charge in [-0.3, -0.25) is 0 Å². The standard InChI is InChI=1S/C22H19F4NO.C2H6/c1-13-9-17(15-7-5-4-6-8-15)22(27(3)14(13)2)21-18(23)10-16(11-19(21)24)28-12-20(25)26;1-2/h4-11,20H,2,12H2,1,3H3;1-2H3. The summed E-state index contributed by atoms with van der Waals surface area (Å²) < 4.78 is 59.2. The molecule has 0 aliphatic carbocycles. The topological polar surface area (TPSA) is 12.5 Å². The number of hydrogen-bond donors (Lipinski definition) is 0. The molecule has 2 aromatic carbocycles. The van der Waals surface area contributed by atoms with Crippen LogP contribution in [-0.2, 0) is 0 Å². The number of allylic oxidation sites excluding steroid dienone is 3. The molecule has 0 unspecified atom stereocenters. The van der Waals surface area contributed by atoms with Crippen molar-refractivity contribution < 1.29 is 22.3 Å². The van der Waals surface area contributed by atoms with Gasteiger partial charge in [0, 0.05) is 30.5 Å². The Labute approximate surface area is 174 Å². The van der Waals surface area contributed by atoms with Gasteiger partial charge in [-0.15, -0.1) is 0 Å². The molecule has 0 spiro atoms. The maximum atomic E-state index is 14.9. The van der Waals surface area contributed by atoms with Crippen LogP contribution in [0.2, 0.25) is 0 Å².